The van der Waals surface area contributed by atoms with Gasteiger partial charge in [0.1, 0.15) is 6.61 Å². The second-order valence-corrected chi connectivity index (χ2v) is 6.52. The van der Waals surface area contributed by atoms with Gasteiger partial charge in [-0.15, -0.1) is 0 Å². The summed E-state index contributed by atoms with van der Waals surface area (Å²) in [6.07, 6.45) is 3.18. The van der Waals surface area contributed by atoms with Crippen LogP contribution >= 0.6 is 31.9 Å². The number of carbonyl (C=O) groups is 1. The Labute approximate surface area is 163 Å². The van der Waals surface area contributed by atoms with Crippen LogP contribution in [0.1, 0.15) is 15.9 Å². The minimum Gasteiger partial charge on any atom is -0.493 e. The quantitative estimate of drug-likeness (QED) is 0.369. The molecule has 1 N–H and O–H groups in total. The molecule has 0 aliphatic rings. The minimum atomic E-state index is -0.305. The Morgan fingerprint density at radius 2 is 2.04 bits per heavy atom. The van der Waals surface area contributed by atoms with Crippen LogP contribution in [0.5, 0.6) is 11.5 Å². The summed E-state index contributed by atoms with van der Waals surface area (Å²) in [5.41, 5.74) is 3.74. The van der Waals surface area contributed by atoms with Gasteiger partial charge in [-0.3, -0.25) is 4.79 Å². The number of nitrogens with zero attached hydrogens (tertiary/aromatic N) is 1. The summed E-state index contributed by atoms with van der Waals surface area (Å²) in [4.78, 5) is 12.1. The first-order valence-electron chi connectivity index (χ1n) is 7.26. The third kappa shape index (κ3) is 5.17. The lowest BCUT2D eigenvalue weighted by atomic mass is 10.2. The van der Waals surface area contributed by atoms with Gasteiger partial charge >= 0.3 is 0 Å². The van der Waals surface area contributed by atoms with Crippen LogP contribution in [0, 0.1) is 0 Å². The zero-order chi connectivity index (χ0) is 18.2. The van der Waals surface area contributed by atoms with Crippen LogP contribution in [0.15, 0.2) is 63.1 Å². The maximum absolute atomic E-state index is 12.1. The number of rotatable bonds is 7. The first-order valence-corrected chi connectivity index (χ1v) is 8.84. The van der Waals surface area contributed by atoms with Gasteiger partial charge in [0.25, 0.3) is 5.91 Å². The normalized spacial score (nSPS) is 10.5. The lowest BCUT2D eigenvalue weighted by Crippen LogP contribution is -2.18. The number of hydrogen-bond donors (Lipinski definition) is 1. The second-order valence-electron chi connectivity index (χ2n) is 4.81. The minimum absolute atomic E-state index is 0.305. The molecular weight excluding hydrogens is 452 g/mol. The van der Waals surface area contributed by atoms with Crippen molar-refractivity contribution in [2.75, 3.05) is 13.7 Å². The van der Waals surface area contributed by atoms with Crippen LogP contribution < -0.4 is 14.9 Å². The zero-order valence-corrected chi connectivity index (χ0v) is 16.6. The summed E-state index contributed by atoms with van der Waals surface area (Å²) in [6, 6.07) is 10.7. The smallest absolute Gasteiger partial charge is 0.272 e. The number of halogens is 2. The molecule has 0 saturated carbocycles. The Bertz CT molecular complexity index is 807. The molecule has 0 radical (unpaired) electrons. The molecular formula is C18H16Br2N2O3. The molecule has 25 heavy (non-hydrogen) atoms. The van der Waals surface area contributed by atoms with E-state index in [-0.39, 0.29) is 5.91 Å². The maximum Gasteiger partial charge on any atom is 0.272 e. The highest BCUT2D eigenvalue weighted by molar-refractivity contribution is 9.10. The van der Waals surface area contributed by atoms with Crippen LogP contribution in [-0.4, -0.2) is 25.8 Å². The summed E-state index contributed by atoms with van der Waals surface area (Å²) < 4.78 is 12.3. The van der Waals surface area contributed by atoms with Crippen LogP contribution in [0.25, 0.3) is 0 Å². The molecule has 1 amide bonds. The number of nitrogens with one attached hydrogen (secondary N) is 1. The van der Waals surface area contributed by atoms with E-state index in [4.69, 9.17) is 9.47 Å². The largest absolute Gasteiger partial charge is 0.493 e. The van der Waals surface area contributed by atoms with Gasteiger partial charge in [-0.2, -0.15) is 5.10 Å². The van der Waals surface area contributed by atoms with E-state index in [9.17, 15) is 4.79 Å². The van der Waals surface area contributed by atoms with Gasteiger partial charge in [-0.05, 0) is 61.7 Å². The fourth-order valence-electron chi connectivity index (χ4n) is 1.97. The van der Waals surface area contributed by atoms with Crippen LogP contribution in [0.3, 0.4) is 0 Å². The fraction of sp³-hybridized carbons (Fsp3) is 0.111. The van der Waals surface area contributed by atoms with Crippen molar-refractivity contribution >= 4 is 44.0 Å². The number of carbonyl (C=O) groups excluding carboxylic acids is 1. The van der Waals surface area contributed by atoms with Gasteiger partial charge in [0.05, 0.1) is 23.4 Å². The van der Waals surface area contributed by atoms with E-state index in [0.717, 1.165) is 5.56 Å². The van der Waals surface area contributed by atoms with E-state index in [1.165, 1.54) is 6.21 Å². The molecule has 0 saturated heterocycles. The van der Waals surface area contributed by atoms with Crippen molar-refractivity contribution in [3.05, 3.63) is 69.1 Å². The van der Waals surface area contributed by atoms with Crippen molar-refractivity contribution in [2.24, 2.45) is 5.10 Å². The first kappa shape index (κ1) is 19.2. The Hall–Kier alpha value is -2.12. The standard InChI is InChI=1S/C18H16Br2N2O3/c1-3-8-25-17-15(20)9-12(10-16(17)24-2)11-21-22-18(23)13-6-4-5-7-14(13)19/h3-7,9-11H,1,8H2,2H3,(H,22,23)/b21-11+. The molecule has 0 aliphatic carbocycles. The van der Waals surface area contributed by atoms with Crippen LogP contribution in [0.4, 0.5) is 0 Å². The molecule has 0 aliphatic heterocycles. The summed E-state index contributed by atoms with van der Waals surface area (Å²) >= 11 is 6.78. The highest BCUT2D eigenvalue weighted by Gasteiger charge is 2.11. The summed E-state index contributed by atoms with van der Waals surface area (Å²) in [6.45, 7) is 3.99. The van der Waals surface area contributed by atoms with E-state index in [2.05, 4.69) is 49.0 Å². The molecule has 0 spiro atoms. The topological polar surface area (TPSA) is 59.9 Å². The lowest BCUT2D eigenvalue weighted by molar-refractivity contribution is 0.0954. The average molecular weight is 468 g/mol. The van der Waals surface area contributed by atoms with Gasteiger partial charge in [-0.1, -0.05) is 24.8 Å². The highest BCUT2D eigenvalue weighted by atomic mass is 79.9. The van der Waals surface area contributed by atoms with Crippen molar-refractivity contribution in [1.29, 1.82) is 0 Å². The molecule has 2 rings (SSSR count). The van der Waals surface area contributed by atoms with Gasteiger partial charge in [-0.25, -0.2) is 5.43 Å². The molecule has 0 aromatic heterocycles. The molecule has 0 unspecified atom stereocenters. The van der Waals surface area contributed by atoms with Crippen LogP contribution in [0.2, 0.25) is 0 Å². The Morgan fingerprint density at radius 3 is 2.72 bits per heavy atom. The lowest BCUT2D eigenvalue weighted by Gasteiger charge is -2.12. The number of benzene rings is 2. The van der Waals surface area contributed by atoms with E-state index in [0.29, 0.717) is 32.6 Å². The molecule has 130 valence electrons. The predicted octanol–water partition coefficient (Wildman–Crippen LogP) is 4.55. The van der Waals surface area contributed by atoms with Crippen LogP contribution in [-0.2, 0) is 0 Å². The number of amides is 1. The third-order valence-electron chi connectivity index (χ3n) is 3.10. The number of hydrogen-bond acceptors (Lipinski definition) is 4. The molecule has 0 bridgehead atoms. The maximum atomic E-state index is 12.1. The Morgan fingerprint density at radius 1 is 1.28 bits per heavy atom. The monoisotopic (exact) mass is 466 g/mol. The molecule has 0 fully saturated rings. The molecule has 0 atom stereocenters. The molecule has 7 heteroatoms. The fourth-order valence-corrected chi connectivity index (χ4v) is 3.01. The first-order chi connectivity index (χ1) is 12.1. The van der Waals surface area contributed by atoms with Crippen molar-refractivity contribution in [1.82, 2.24) is 5.43 Å². The van der Waals surface area contributed by atoms with Crippen molar-refractivity contribution in [3.8, 4) is 11.5 Å². The predicted molar refractivity (Wildman–Crippen MR) is 106 cm³/mol. The Balaban J connectivity index is 2.13. The Kier molecular flexibility index (Phi) is 7.21. The van der Waals surface area contributed by atoms with Crippen molar-refractivity contribution in [3.63, 3.8) is 0 Å². The van der Waals surface area contributed by atoms with E-state index < -0.39 is 0 Å². The van der Waals surface area contributed by atoms with E-state index >= 15 is 0 Å². The van der Waals surface area contributed by atoms with Crippen molar-refractivity contribution < 1.29 is 14.3 Å². The number of hydrazone groups is 1. The molecule has 2 aromatic rings. The molecule has 0 heterocycles. The second kappa shape index (κ2) is 9.39. The number of ether oxygens (including phenoxy) is 2. The summed E-state index contributed by atoms with van der Waals surface area (Å²) in [5, 5.41) is 3.99. The molecule has 2 aromatic carbocycles. The van der Waals surface area contributed by atoms with Gasteiger partial charge in [0.15, 0.2) is 11.5 Å². The van der Waals surface area contributed by atoms with E-state index in [1.54, 1.807) is 37.5 Å². The third-order valence-corrected chi connectivity index (χ3v) is 4.38. The van der Waals surface area contributed by atoms with Crippen molar-refractivity contribution in [2.45, 2.75) is 0 Å². The summed E-state index contributed by atoms with van der Waals surface area (Å²) in [7, 11) is 1.55. The highest BCUT2D eigenvalue weighted by Crippen LogP contribution is 2.36. The SMILES string of the molecule is C=CCOc1c(Br)cc(/C=N/NC(=O)c2ccccc2Br)cc1OC. The van der Waals surface area contributed by atoms with Gasteiger partial charge < -0.3 is 9.47 Å². The summed E-state index contributed by atoms with van der Waals surface area (Å²) in [5.74, 6) is 0.826. The van der Waals surface area contributed by atoms with Gasteiger partial charge in [0, 0.05) is 4.47 Å². The average Bonchev–Trinajstić information content (AvgIpc) is 2.60. The molecule has 5 nitrogen and oxygen atoms in total. The zero-order valence-electron chi connectivity index (χ0n) is 13.5. The van der Waals surface area contributed by atoms with E-state index in [1.807, 2.05) is 12.1 Å². The van der Waals surface area contributed by atoms with Gasteiger partial charge in [0.2, 0.25) is 0 Å². The number of methoxy groups -OCH3 is 1.